The second-order valence-electron chi connectivity index (χ2n) is 6.08. The predicted molar refractivity (Wildman–Crippen MR) is 92.9 cm³/mol. The van der Waals surface area contributed by atoms with Gasteiger partial charge in [0.15, 0.2) is 0 Å². The Morgan fingerprint density at radius 3 is 2.38 bits per heavy atom. The average molecular weight is 291 g/mol. The van der Waals surface area contributed by atoms with Gasteiger partial charge >= 0.3 is 0 Å². The van der Waals surface area contributed by atoms with Gasteiger partial charge in [-0.05, 0) is 78.2 Å². The van der Waals surface area contributed by atoms with Gasteiger partial charge in [-0.15, -0.1) is 0 Å². The van der Waals surface area contributed by atoms with Crippen LogP contribution in [0.3, 0.4) is 0 Å². The minimum absolute atomic E-state index is 0.453. The molecule has 21 heavy (non-hydrogen) atoms. The number of rotatable bonds is 10. The first-order valence-corrected chi connectivity index (χ1v) is 8.18. The van der Waals surface area contributed by atoms with Gasteiger partial charge in [0.25, 0.3) is 0 Å². The van der Waals surface area contributed by atoms with Gasteiger partial charge < -0.3 is 15.1 Å². The van der Waals surface area contributed by atoms with Crippen LogP contribution in [-0.2, 0) is 0 Å². The topological polar surface area (TPSA) is 18.5 Å². The third-order valence-electron chi connectivity index (χ3n) is 4.17. The van der Waals surface area contributed by atoms with Crippen LogP contribution in [0.15, 0.2) is 24.3 Å². The van der Waals surface area contributed by atoms with Gasteiger partial charge in [0.2, 0.25) is 0 Å². The van der Waals surface area contributed by atoms with E-state index in [1.807, 2.05) is 0 Å². The molecule has 0 bridgehead atoms. The van der Waals surface area contributed by atoms with Crippen molar-refractivity contribution >= 4 is 0 Å². The Bertz CT molecular complexity index is 390. The van der Waals surface area contributed by atoms with Crippen molar-refractivity contribution in [2.75, 3.05) is 47.3 Å². The summed E-state index contributed by atoms with van der Waals surface area (Å²) in [4.78, 5) is 4.82. The van der Waals surface area contributed by atoms with E-state index in [2.05, 4.69) is 74.4 Å². The van der Waals surface area contributed by atoms with E-state index in [1.165, 1.54) is 30.6 Å². The van der Waals surface area contributed by atoms with Crippen molar-refractivity contribution in [3.8, 4) is 0 Å². The van der Waals surface area contributed by atoms with Crippen LogP contribution >= 0.6 is 0 Å². The van der Waals surface area contributed by atoms with Crippen molar-refractivity contribution < 1.29 is 0 Å². The summed E-state index contributed by atoms with van der Waals surface area (Å²) in [5.74, 6) is 0. The van der Waals surface area contributed by atoms with Gasteiger partial charge in [-0.3, -0.25) is 0 Å². The summed E-state index contributed by atoms with van der Waals surface area (Å²) in [5.41, 5.74) is 2.82. The summed E-state index contributed by atoms with van der Waals surface area (Å²) in [6.07, 6.45) is 2.41. The Morgan fingerprint density at radius 1 is 1.10 bits per heavy atom. The van der Waals surface area contributed by atoms with Crippen LogP contribution in [0.2, 0.25) is 0 Å². The fraction of sp³-hybridized carbons (Fsp3) is 0.667. The van der Waals surface area contributed by atoms with Crippen LogP contribution in [0, 0.1) is 6.92 Å². The molecule has 3 heteroatoms. The van der Waals surface area contributed by atoms with Crippen LogP contribution in [-0.4, -0.2) is 57.1 Å². The van der Waals surface area contributed by atoms with E-state index in [0.29, 0.717) is 6.04 Å². The average Bonchev–Trinajstić information content (AvgIpc) is 2.47. The van der Waals surface area contributed by atoms with Crippen LogP contribution in [0.4, 0.5) is 0 Å². The molecule has 0 fully saturated rings. The standard InChI is InChI=1S/C18H33N3/c1-6-21(14-9-13-20(4)5)15-12-18(19-3)17-11-8-7-10-16(17)2/h7-8,10-11,18-19H,6,9,12-15H2,1-5H3. The molecule has 0 aliphatic carbocycles. The fourth-order valence-electron chi connectivity index (χ4n) is 2.78. The van der Waals surface area contributed by atoms with Crippen LogP contribution in [0.25, 0.3) is 0 Å². The molecule has 3 nitrogen and oxygen atoms in total. The Morgan fingerprint density at radius 2 is 1.81 bits per heavy atom. The lowest BCUT2D eigenvalue weighted by molar-refractivity contribution is 0.253. The first kappa shape index (κ1) is 18.1. The molecule has 0 heterocycles. The Hall–Kier alpha value is -0.900. The molecule has 0 spiro atoms. The summed E-state index contributed by atoms with van der Waals surface area (Å²) >= 11 is 0. The van der Waals surface area contributed by atoms with E-state index in [0.717, 1.165) is 19.5 Å². The van der Waals surface area contributed by atoms with Gasteiger partial charge in [0.1, 0.15) is 0 Å². The number of hydrogen-bond acceptors (Lipinski definition) is 3. The minimum atomic E-state index is 0.453. The molecule has 0 amide bonds. The largest absolute Gasteiger partial charge is 0.313 e. The highest BCUT2D eigenvalue weighted by atomic mass is 15.1. The van der Waals surface area contributed by atoms with Gasteiger partial charge in [-0.25, -0.2) is 0 Å². The maximum Gasteiger partial charge on any atom is 0.0332 e. The van der Waals surface area contributed by atoms with Crippen molar-refractivity contribution in [2.24, 2.45) is 0 Å². The maximum absolute atomic E-state index is 3.48. The zero-order chi connectivity index (χ0) is 15.7. The zero-order valence-corrected chi connectivity index (χ0v) is 14.5. The summed E-state index contributed by atoms with van der Waals surface area (Å²) in [6, 6.07) is 9.16. The molecule has 1 aromatic rings. The highest BCUT2D eigenvalue weighted by Gasteiger charge is 2.13. The number of nitrogens with zero attached hydrogens (tertiary/aromatic N) is 2. The van der Waals surface area contributed by atoms with E-state index in [4.69, 9.17) is 0 Å². The Labute approximate surface area is 131 Å². The summed E-state index contributed by atoms with van der Waals surface area (Å²) in [6.45, 7) is 9.12. The molecular formula is C18H33N3. The van der Waals surface area contributed by atoms with Gasteiger partial charge in [0, 0.05) is 6.04 Å². The normalized spacial score (nSPS) is 13.1. The predicted octanol–water partition coefficient (Wildman–Crippen LogP) is 2.92. The molecule has 1 unspecified atom stereocenters. The van der Waals surface area contributed by atoms with Crippen molar-refractivity contribution in [3.05, 3.63) is 35.4 Å². The highest BCUT2D eigenvalue weighted by molar-refractivity contribution is 5.28. The number of aryl methyl sites for hydroxylation is 1. The summed E-state index contributed by atoms with van der Waals surface area (Å²) in [5, 5.41) is 3.48. The SMILES string of the molecule is CCN(CCCN(C)C)CCC(NC)c1ccccc1C. The molecule has 1 aromatic carbocycles. The van der Waals surface area contributed by atoms with Crippen molar-refractivity contribution in [3.63, 3.8) is 0 Å². The molecule has 0 aromatic heterocycles. The second kappa shape index (κ2) is 9.93. The highest BCUT2D eigenvalue weighted by Crippen LogP contribution is 2.20. The lowest BCUT2D eigenvalue weighted by Gasteiger charge is -2.25. The maximum atomic E-state index is 3.48. The molecule has 0 radical (unpaired) electrons. The van der Waals surface area contributed by atoms with E-state index < -0.39 is 0 Å². The van der Waals surface area contributed by atoms with Crippen LogP contribution in [0.5, 0.6) is 0 Å². The molecule has 1 rings (SSSR count). The van der Waals surface area contributed by atoms with Crippen molar-refractivity contribution in [1.29, 1.82) is 0 Å². The third-order valence-corrected chi connectivity index (χ3v) is 4.17. The molecule has 0 saturated heterocycles. The molecule has 0 aliphatic rings. The number of hydrogen-bond donors (Lipinski definition) is 1. The second-order valence-corrected chi connectivity index (χ2v) is 6.08. The smallest absolute Gasteiger partial charge is 0.0332 e. The Balaban J connectivity index is 2.47. The zero-order valence-electron chi connectivity index (χ0n) is 14.5. The van der Waals surface area contributed by atoms with Crippen LogP contribution < -0.4 is 5.32 Å². The first-order chi connectivity index (χ1) is 10.1. The van der Waals surface area contributed by atoms with Crippen LogP contribution in [0.1, 0.15) is 36.9 Å². The van der Waals surface area contributed by atoms with E-state index in [1.54, 1.807) is 0 Å². The lowest BCUT2D eigenvalue weighted by atomic mass is 9.99. The first-order valence-electron chi connectivity index (χ1n) is 8.18. The van der Waals surface area contributed by atoms with E-state index in [9.17, 15) is 0 Å². The molecule has 1 N–H and O–H groups in total. The van der Waals surface area contributed by atoms with Crippen molar-refractivity contribution in [2.45, 2.75) is 32.7 Å². The molecule has 0 aliphatic heterocycles. The van der Waals surface area contributed by atoms with Gasteiger partial charge in [0.05, 0.1) is 0 Å². The molecule has 1 atom stereocenters. The quantitative estimate of drug-likeness (QED) is 0.715. The molecular weight excluding hydrogens is 258 g/mol. The van der Waals surface area contributed by atoms with Gasteiger partial charge in [-0.2, -0.15) is 0 Å². The third kappa shape index (κ3) is 6.60. The molecule has 0 saturated carbocycles. The monoisotopic (exact) mass is 291 g/mol. The van der Waals surface area contributed by atoms with E-state index >= 15 is 0 Å². The van der Waals surface area contributed by atoms with Gasteiger partial charge in [-0.1, -0.05) is 31.2 Å². The summed E-state index contributed by atoms with van der Waals surface area (Å²) < 4.78 is 0. The minimum Gasteiger partial charge on any atom is -0.313 e. The lowest BCUT2D eigenvalue weighted by Crippen LogP contribution is -2.31. The van der Waals surface area contributed by atoms with E-state index in [-0.39, 0.29) is 0 Å². The summed E-state index contributed by atoms with van der Waals surface area (Å²) in [7, 11) is 6.36. The van der Waals surface area contributed by atoms with Crippen molar-refractivity contribution in [1.82, 2.24) is 15.1 Å². The fourth-order valence-corrected chi connectivity index (χ4v) is 2.78. The molecule has 120 valence electrons. The number of nitrogens with one attached hydrogen (secondary N) is 1. The Kier molecular flexibility index (Phi) is 8.58. The number of benzene rings is 1.